The number of hydrogen-bond donors (Lipinski definition) is 1. The molecule has 2 aromatic carbocycles. The van der Waals surface area contributed by atoms with Crippen molar-refractivity contribution in [2.75, 3.05) is 0 Å². The highest BCUT2D eigenvalue weighted by Crippen LogP contribution is 2.31. The Morgan fingerprint density at radius 2 is 2.05 bits per heavy atom. The second-order valence-electron chi connectivity index (χ2n) is 4.14. The summed E-state index contributed by atoms with van der Waals surface area (Å²) in [6, 6.07) is 11.7. The molecule has 100 valence electrons. The molecule has 0 amide bonds. The monoisotopic (exact) mass is 331 g/mol. The Morgan fingerprint density at radius 1 is 1.30 bits per heavy atom. The van der Waals surface area contributed by atoms with Crippen molar-refractivity contribution in [2.45, 2.75) is 6.92 Å². The summed E-state index contributed by atoms with van der Waals surface area (Å²) < 4.78 is 6.32. The van der Waals surface area contributed by atoms with E-state index in [4.69, 9.17) is 15.1 Å². The minimum atomic E-state index is -1.02. The first-order valence-corrected chi connectivity index (χ1v) is 6.52. The van der Waals surface area contributed by atoms with Gasteiger partial charge in [-0.15, -0.1) is 0 Å². The van der Waals surface area contributed by atoms with Gasteiger partial charge in [-0.3, -0.25) is 0 Å². The van der Waals surface area contributed by atoms with Gasteiger partial charge in [0.15, 0.2) is 0 Å². The Bertz CT molecular complexity index is 720. The third-order valence-corrected chi connectivity index (χ3v) is 3.38. The number of rotatable bonds is 3. The van der Waals surface area contributed by atoms with Crippen molar-refractivity contribution in [2.24, 2.45) is 0 Å². The molecule has 1 N–H and O–H groups in total. The molecule has 2 rings (SSSR count). The first-order chi connectivity index (χ1) is 9.51. The summed E-state index contributed by atoms with van der Waals surface area (Å²) >= 11 is 3.31. The second-order valence-corrected chi connectivity index (χ2v) is 5.00. The first kappa shape index (κ1) is 14.1. The molecule has 0 bridgehead atoms. The first-order valence-electron chi connectivity index (χ1n) is 5.72. The molecular formula is C15H10BrNO3. The van der Waals surface area contributed by atoms with Crippen LogP contribution in [0.5, 0.6) is 11.5 Å². The lowest BCUT2D eigenvalue weighted by Crippen LogP contribution is -1.97. The summed E-state index contributed by atoms with van der Waals surface area (Å²) in [4.78, 5) is 10.9. The van der Waals surface area contributed by atoms with Crippen molar-refractivity contribution in [1.29, 1.82) is 5.26 Å². The van der Waals surface area contributed by atoms with Gasteiger partial charge in [-0.2, -0.15) is 5.26 Å². The van der Waals surface area contributed by atoms with Gasteiger partial charge in [-0.25, -0.2) is 4.79 Å². The molecule has 2 aromatic rings. The number of halogens is 1. The van der Waals surface area contributed by atoms with E-state index in [-0.39, 0.29) is 5.56 Å². The maximum atomic E-state index is 10.9. The number of carboxylic acids is 1. The number of carboxylic acid groups (broad SMARTS) is 1. The van der Waals surface area contributed by atoms with E-state index in [1.54, 1.807) is 24.3 Å². The van der Waals surface area contributed by atoms with Crippen LogP contribution in [0.1, 0.15) is 21.5 Å². The Labute approximate surface area is 124 Å². The van der Waals surface area contributed by atoms with E-state index in [1.807, 2.05) is 6.92 Å². The van der Waals surface area contributed by atoms with Gasteiger partial charge in [-0.05, 0) is 64.8 Å². The number of aryl methyl sites for hydroxylation is 1. The van der Waals surface area contributed by atoms with Gasteiger partial charge in [-0.1, -0.05) is 0 Å². The molecular weight excluding hydrogens is 322 g/mol. The number of nitrogens with zero attached hydrogens (tertiary/aromatic N) is 1. The average Bonchev–Trinajstić information content (AvgIpc) is 2.41. The lowest BCUT2D eigenvalue weighted by Gasteiger charge is -2.09. The van der Waals surface area contributed by atoms with E-state index >= 15 is 0 Å². The fourth-order valence-electron chi connectivity index (χ4n) is 1.67. The van der Waals surface area contributed by atoms with Crippen LogP contribution < -0.4 is 4.74 Å². The molecule has 0 aromatic heterocycles. The highest BCUT2D eigenvalue weighted by molar-refractivity contribution is 9.10. The van der Waals surface area contributed by atoms with Crippen LogP contribution >= 0.6 is 15.9 Å². The number of aromatic carboxylic acids is 1. The molecule has 4 nitrogen and oxygen atoms in total. The largest absolute Gasteiger partial charge is 0.478 e. The molecule has 0 saturated carbocycles. The molecule has 0 saturated heterocycles. The molecule has 0 aliphatic carbocycles. The van der Waals surface area contributed by atoms with E-state index in [9.17, 15) is 4.79 Å². The fourth-order valence-corrected chi connectivity index (χ4v) is 1.99. The van der Waals surface area contributed by atoms with Gasteiger partial charge in [0.2, 0.25) is 0 Å². The summed E-state index contributed by atoms with van der Waals surface area (Å²) in [5.41, 5.74) is 1.53. The van der Waals surface area contributed by atoms with Crippen molar-refractivity contribution in [1.82, 2.24) is 0 Å². The second kappa shape index (κ2) is 5.76. The van der Waals surface area contributed by atoms with Crippen molar-refractivity contribution < 1.29 is 14.6 Å². The maximum absolute atomic E-state index is 10.9. The molecule has 0 fully saturated rings. The maximum Gasteiger partial charge on any atom is 0.335 e. The smallest absolute Gasteiger partial charge is 0.335 e. The standard InChI is InChI=1S/C15H10BrNO3/c1-9-6-12(4-2-11(9)8-17)20-14-7-10(15(18)19)3-5-13(14)16/h2-7H,1H3,(H,18,19). The highest BCUT2D eigenvalue weighted by Gasteiger charge is 2.09. The van der Waals surface area contributed by atoms with Crippen LogP contribution in [0, 0.1) is 18.3 Å². The Morgan fingerprint density at radius 3 is 2.65 bits per heavy atom. The lowest BCUT2D eigenvalue weighted by atomic mass is 10.1. The number of benzene rings is 2. The van der Waals surface area contributed by atoms with Gasteiger partial charge >= 0.3 is 5.97 Å². The molecule has 0 spiro atoms. The zero-order chi connectivity index (χ0) is 14.7. The third-order valence-electron chi connectivity index (χ3n) is 2.72. The van der Waals surface area contributed by atoms with Crippen LogP contribution in [-0.2, 0) is 0 Å². The number of nitriles is 1. The molecule has 0 unspecified atom stereocenters. The van der Waals surface area contributed by atoms with E-state index in [2.05, 4.69) is 22.0 Å². The van der Waals surface area contributed by atoms with Crippen LogP contribution in [0.25, 0.3) is 0 Å². The molecule has 5 heteroatoms. The van der Waals surface area contributed by atoms with Gasteiger partial charge in [0.25, 0.3) is 0 Å². The Kier molecular flexibility index (Phi) is 4.06. The SMILES string of the molecule is Cc1cc(Oc2cc(C(=O)O)ccc2Br)ccc1C#N. The van der Waals surface area contributed by atoms with Crippen LogP contribution in [0.4, 0.5) is 0 Å². The Hall–Kier alpha value is -2.32. The predicted octanol–water partition coefficient (Wildman–Crippen LogP) is 4.12. The van der Waals surface area contributed by atoms with Crippen LogP contribution in [0.15, 0.2) is 40.9 Å². The van der Waals surface area contributed by atoms with E-state index in [0.29, 0.717) is 21.5 Å². The fraction of sp³-hybridized carbons (Fsp3) is 0.0667. The summed E-state index contributed by atoms with van der Waals surface area (Å²) in [6.45, 7) is 1.81. The van der Waals surface area contributed by atoms with Gasteiger partial charge < -0.3 is 9.84 Å². The summed E-state index contributed by atoms with van der Waals surface area (Å²) in [5, 5.41) is 17.8. The molecule has 0 aliphatic rings. The highest BCUT2D eigenvalue weighted by atomic mass is 79.9. The zero-order valence-electron chi connectivity index (χ0n) is 10.6. The van der Waals surface area contributed by atoms with Gasteiger partial charge in [0, 0.05) is 0 Å². The van der Waals surface area contributed by atoms with Gasteiger partial charge in [0.1, 0.15) is 11.5 Å². The van der Waals surface area contributed by atoms with Crippen LogP contribution in [-0.4, -0.2) is 11.1 Å². The van der Waals surface area contributed by atoms with Crippen molar-refractivity contribution in [3.63, 3.8) is 0 Å². The third kappa shape index (κ3) is 2.98. The van der Waals surface area contributed by atoms with Crippen molar-refractivity contribution in [3.05, 3.63) is 57.6 Å². The van der Waals surface area contributed by atoms with E-state index < -0.39 is 5.97 Å². The topological polar surface area (TPSA) is 70.3 Å². The van der Waals surface area contributed by atoms with Gasteiger partial charge in [0.05, 0.1) is 21.7 Å². The summed E-state index contributed by atoms with van der Waals surface area (Å²) in [5.74, 6) is -0.0582. The summed E-state index contributed by atoms with van der Waals surface area (Å²) in [6.07, 6.45) is 0. The zero-order valence-corrected chi connectivity index (χ0v) is 12.1. The molecule has 0 heterocycles. The molecule has 0 aliphatic heterocycles. The Balaban J connectivity index is 2.35. The van der Waals surface area contributed by atoms with Crippen molar-refractivity contribution >= 4 is 21.9 Å². The molecule has 20 heavy (non-hydrogen) atoms. The van der Waals surface area contributed by atoms with Crippen LogP contribution in [0.2, 0.25) is 0 Å². The summed E-state index contributed by atoms with van der Waals surface area (Å²) in [7, 11) is 0. The van der Waals surface area contributed by atoms with Crippen molar-refractivity contribution in [3.8, 4) is 17.6 Å². The van der Waals surface area contributed by atoms with E-state index in [0.717, 1.165) is 5.56 Å². The minimum Gasteiger partial charge on any atom is -0.478 e. The lowest BCUT2D eigenvalue weighted by molar-refractivity contribution is 0.0696. The average molecular weight is 332 g/mol. The van der Waals surface area contributed by atoms with E-state index in [1.165, 1.54) is 12.1 Å². The quantitative estimate of drug-likeness (QED) is 0.918. The predicted molar refractivity (Wildman–Crippen MR) is 77.1 cm³/mol. The number of carbonyl (C=O) groups is 1. The number of hydrogen-bond acceptors (Lipinski definition) is 3. The van der Waals surface area contributed by atoms with Crippen LogP contribution in [0.3, 0.4) is 0 Å². The number of ether oxygens (including phenoxy) is 1. The molecule has 0 atom stereocenters. The minimum absolute atomic E-state index is 0.147. The normalized spacial score (nSPS) is 9.85. The molecule has 0 radical (unpaired) electrons.